The molecule has 0 aliphatic carbocycles. The first-order valence-corrected chi connectivity index (χ1v) is 9.82. The summed E-state index contributed by atoms with van der Waals surface area (Å²) in [4.78, 5) is 23.9. The Morgan fingerprint density at radius 1 is 0.567 bits per heavy atom. The molecule has 12 nitrogen and oxygen atoms in total. The van der Waals surface area contributed by atoms with Gasteiger partial charge in [-0.3, -0.25) is 10.9 Å². The molecule has 0 aliphatic rings. The van der Waals surface area contributed by atoms with Gasteiger partial charge in [-0.1, -0.05) is 0 Å². The van der Waals surface area contributed by atoms with Gasteiger partial charge in [0.15, 0.2) is 0 Å². The maximum Gasteiger partial charge on any atom is 0.335 e. The van der Waals surface area contributed by atoms with Gasteiger partial charge in [-0.2, -0.15) is 20.5 Å². The van der Waals surface area contributed by atoms with Crippen LogP contribution in [-0.2, 0) is 0 Å². The van der Waals surface area contributed by atoms with Crippen LogP contribution in [0.5, 0.6) is 0 Å². The van der Waals surface area contributed by atoms with Gasteiger partial charge in [0.05, 0.1) is 11.1 Å². The Kier molecular flexibility index (Phi) is 9.56. The van der Waals surface area contributed by atoms with Crippen LogP contribution >= 0.6 is 12.2 Å². The zero-order valence-corrected chi connectivity index (χ0v) is 20.3. The fourth-order valence-electron chi connectivity index (χ4n) is 1.48. The van der Waals surface area contributed by atoms with Crippen molar-refractivity contribution in [2.24, 2.45) is 20.5 Å². The number of carbonyl (C=O) groups is 2. The molecule has 0 aromatic heterocycles. The molecule has 172 valence electrons. The van der Waals surface area contributed by atoms with Crippen LogP contribution in [-0.4, -0.2) is 39.6 Å². The number of azo groups is 2. The molecule has 0 saturated carbocycles. The third-order valence-electron chi connectivity index (χ3n) is 2.62. The number of hydrogen-bond donors (Lipinski definition) is 6. The molecule has 0 spiro atoms. The third kappa shape index (κ3) is 15.4. The van der Waals surface area contributed by atoms with E-state index in [2.05, 4.69) is 52.8 Å². The van der Waals surface area contributed by atoms with Crippen molar-refractivity contribution >= 4 is 29.4 Å². The van der Waals surface area contributed by atoms with Crippen molar-refractivity contribution in [3.63, 3.8) is 0 Å². The number of urea groups is 2. The molecule has 0 saturated heterocycles. The van der Waals surface area contributed by atoms with Gasteiger partial charge in [-0.25, -0.2) is 20.4 Å². The van der Waals surface area contributed by atoms with Crippen molar-refractivity contribution in [1.82, 2.24) is 32.3 Å². The van der Waals surface area contributed by atoms with Crippen LogP contribution in [0.15, 0.2) is 20.5 Å². The summed E-state index contributed by atoms with van der Waals surface area (Å²) in [6, 6.07) is -1.16. The number of thiocarbonyl (C=S) groups is 1. The molecule has 6 N–H and O–H groups in total. The van der Waals surface area contributed by atoms with E-state index in [4.69, 9.17) is 12.2 Å². The lowest BCUT2D eigenvalue weighted by Gasteiger charge is -2.23. The van der Waals surface area contributed by atoms with E-state index in [1.807, 2.05) is 41.5 Å². The Balaban J connectivity index is 4.40. The number of amides is 4. The van der Waals surface area contributed by atoms with Crippen molar-refractivity contribution < 1.29 is 9.59 Å². The highest BCUT2D eigenvalue weighted by Gasteiger charge is 2.22. The van der Waals surface area contributed by atoms with E-state index < -0.39 is 23.4 Å². The smallest absolute Gasteiger partial charge is 0.311 e. The lowest BCUT2D eigenvalue weighted by molar-refractivity contribution is 0.226. The van der Waals surface area contributed by atoms with Crippen molar-refractivity contribution in [3.8, 4) is 0 Å². The van der Waals surface area contributed by atoms with Gasteiger partial charge in [-0.15, -0.1) is 0 Å². The SMILES string of the molecule is CC(C)(C)/N=N/C(C)(C)NC(=O)NNC(=S)NNC(=O)NC(C)(C)/N=N/C(C)(C)C. The Morgan fingerprint density at radius 2 is 0.867 bits per heavy atom. The molecule has 0 bridgehead atoms. The molecule has 0 rings (SSSR count). The van der Waals surface area contributed by atoms with Crippen LogP contribution < -0.4 is 32.3 Å². The molecule has 0 atom stereocenters. The van der Waals surface area contributed by atoms with E-state index in [9.17, 15) is 9.59 Å². The molecule has 0 aromatic rings. The minimum atomic E-state index is -0.917. The Hall–Kier alpha value is -2.57. The number of hydrogen-bond acceptors (Lipinski definition) is 7. The molecule has 13 heteroatoms. The van der Waals surface area contributed by atoms with Crippen LogP contribution in [0.1, 0.15) is 69.2 Å². The van der Waals surface area contributed by atoms with Gasteiger partial charge >= 0.3 is 12.1 Å². The predicted molar refractivity (Wildman–Crippen MR) is 120 cm³/mol. The van der Waals surface area contributed by atoms with E-state index in [1.54, 1.807) is 27.7 Å². The average molecular weight is 445 g/mol. The summed E-state index contributed by atoms with van der Waals surface area (Å²) in [6.45, 7) is 18.2. The highest BCUT2D eigenvalue weighted by molar-refractivity contribution is 7.80. The normalized spacial score (nSPS) is 13.1. The molecular formula is C17H36N10O2S. The van der Waals surface area contributed by atoms with Crippen molar-refractivity contribution in [2.75, 3.05) is 0 Å². The van der Waals surface area contributed by atoms with Crippen LogP contribution in [0.3, 0.4) is 0 Å². The monoisotopic (exact) mass is 444 g/mol. The van der Waals surface area contributed by atoms with E-state index in [1.165, 1.54) is 0 Å². The minimum Gasteiger partial charge on any atom is -0.311 e. The number of carbonyl (C=O) groups excluding carboxylic acids is 2. The topological polar surface area (TPSA) is 156 Å². The first kappa shape index (κ1) is 27.4. The fraction of sp³-hybridized carbons (Fsp3) is 0.824. The number of rotatable bonds is 4. The van der Waals surface area contributed by atoms with Gasteiger partial charge in [-0.05, 0) is 81.5 Å². The summed E-state index contributed by atoms with van der Waals surface area (Å²) in [6.07, 6.45) is 0. The molecule has 0 radical (unpaired) electrons. The zero-order valence-electron chi connectivity index (χ0n) is 19.5. The molecule has 4 amide bonds. The largest absolute Gasteiger partial charge is 0.335 e. The lowest BCUT2D eigenvalue weighted by Crippen LogP contribution is -2.59. The van der Waals surface area contributed by atoms with E-state index in [0.29, 0.717) is 0 Å². The summed E-state index contributed by atoms with van der Waals surface area (Å²) in [7, 11) is 0. The summed E-state index contributed by atoms with van der Waals surface area (Å²) in [5.74, 6) is 0. The molecule has 0 unspecified atom stereocenters. The van der Waals surface area contributed by atoms with Crippen LogP contribution in [0, 0.1) is 0 Å². The number of hydrazine groups is 2. The molecule has 0 aliphatic heterocycles. The number of nitrogens with zero attached hydrogens (tertiary/aromatic N) is 4. The number of nitrogens with one attached hydrogen (secondary N) is 6. The standard InChI is InChI=1S/C17H36N10O2S/c1-14(2,3)24-26-16(7,8)18-11(28)20-22-13(30)23-21-12(29)19-17(9,10)27-25-15(4,5)6/h1-10H3,(H2,18,20,28)(H2,19,21,29)(H2,22,23,30)/b26-24+,27-25+. The highest BCUT2D eigenvalue weighted by atomic mass is 32.1. The van der Waals surface area contributed by atoms with E-state index in [0.717, 1.165) is 0 Å². The molecule has 30 heavy (non-hydrogen) atoms. The lowest BCUT2D eigenvalue weighted by atomic mass is 10.1. The van der Waals surface area contributed by atoms with Gasteiger partial charge in [0, 0.05) is 0 Å². The molecule has 0 heterocycles. The van der Waals surface area contributed by atoms with Gasteiger partial charge < -0.3 is 10.6 Å². The molecule has 0 fully saturated rings. The first-order chi connectivity index (χ1) is 13.3. The third-order valence-corrected chi connectivity index (χ3v) is 2.82. The second kappa shape index (κ2) is 10.5. The van der Waals surface area contributed by atoms with Crippen LogP contribution in [0.4, 0.5) is 9.59 Å². The predicted octanol–water partition coefficient (Wildman–Crippen LogP) is 2.85. The summed E-state index contributed by atoms with van der Waals surface area (Å²) >= 11 is 4.98. The van der Waals surface area contributed by atoms with Crippen molar-refractivity contribution in [1.29, 1.82) is 0 Å². The fourth-order valence-corrected chi connectivity index (χ4v) is 1.58. The second-order valence-electron chi connectivity index (χ2n) is 9.60. The second-order valence-corrected chi connectivity index (χ2v) is 10.0. The summed E-state index contributed by atoms with van der Waals surface area (Å²) in [5.41, 5.74) is 7.01. The van der Waals surface area contributed by atoms with E-state index in [-0.39, 0.29) is 16.2 Å². The van der Waals surface area contributed by atoms with Crippen molar-refractivity contribution in [3.05, 3.63) is 0 Å². The van der Waals surface area contributed by atoms with Gasteiger partial charge in [0.1, 0.15) is 11.3 Å². The van der Waals surface area contributed by atoms with Crippen molar-refractivity contribution in [2.45, 2.75) is 91.6 Å². The molecule has 0 aromatic carbocycles. The maximum absolute atomic E-state index is 12.0. The average Bonchev–Trinajstić information content (AvgIpc) is 2.53. The van der Waals surface area contributed by atoms with Gasteiger partial charge in [0.2, 0.25) is 5.11 Å². The van der Waals surface area contributed by atoms with Crippen LogP contribution in [0.25, 0.3) is 0 Å². The summed E-state index contributed by atoms with van der Waals surface area (Å²) in [5, 5.41) is 21.7. The Labute approximate surface area is 183 Å². The Morgan fingerprint density at radius 3 is 1.13 bits per heavy atom. The quantitative estimate of drug-likeness (QED) is 0.223. The zero-order chi connectivity index (χ0) is 23.8. The Bertz CT molecular complexity index is 619. The first-order valence-electron chi connectivity index (χ1n) is 9.41. The molecular weight excluding hydrogens is 408 g/mol. The van der Waals surface area contributed by atoms with Crippen LogP contribution in [0.2, 0.25) is 0 Å². The maximum atomic E-state index is 12.0. The van der Waals surface area contributed by atoms with E-state index >= 15 is 0 Å². The minimum absolute atomic E-state index is 0.0384. The summed E-state index contributed by atoms with van der Waals surface area (Å²) < 4.78 is 0. The van der Waals surface area contributed by atoms with Gasteiger partial charge in [0.25, 0.3) is 0 Å². The highest BCUT2D eigenvalue weighted by Crippen LogP contribution is 2.13.